The number of likely N-dealkylation sites (tertiary alicyclic amines) is 1. The maximum atomic E-state index is 11.9. The van der Waals surface area contributed by atoms with Crippen LogP contribution in [0.15, 0.2) is 0 Å². The number of carbonyl (C=O) groups excluding carboxylic acids is 2. The number of hydrogen-bond donors (Lipinski definition) is 0. The first-order valence-corrected chi connectivity index (χ1v) is 7.62. The second kappa shape index (κ2) is 6.07. The van der Waals surface area contributed by atoms with Gasteiger partial charge in [0.25, 0.3) is 0 Å². The molecule has 1 saturated heterocycles. The van der Waals surface area contributed by atoms with Crippen molar-refractivity contribution in [3.05, 3.63) is 0 Å². The van der Waals surface area contributed by atoms with E-state index in [0.29, 0.717) is 12.8 Å². The summed E-state index contributed by atoms with van der Waals surface area (Å²) in [5.41, 5.74) is -1.39. The van der Waals surface area contributed by atoms with Crippen LogP contribution in [0.2, 0.25) is 0 Å². The molecule has 1 fully saturated rings. The Morgan fingerprint density at radius 2 is 1.50 bits per heavy atom. The zero-order valence-electron chi connectivity index (χ0n) is 15.0. The average Bonchev–Trinajstić information content (AvgIpc) is 2.20. The molecule has 0 aromatic rings. The molecule has 1 aliphatic rings. The van der Waals surface area contributed by atoms with Gasteiger partial charge in [0.15, 0.2) is 0 Å². The van der Waals surface area contributed by atoms with Crippen LogP contribution in [0, 0.1) is 0 Å². The molecule has 0 aromatic heterocycles. The molecule has 6 heteroatoms. The third-order valence-electron chi connectivity index (χ3n) is 3.60. The number of amides is 1. The molecule has 22 heavy (non-hydrogen) atoms. The van der Waals surface area contributed by atoms with Gasteiger partial charge in [0.2, 0.25) is 5.91 Å². The summed E-state index contributed by atoms with van der Waals surface area (Å²) in [6.07, 6.45) is -0.0548. The van der Waals surface area contributed by atoms with Crippen LogP contribution in [0.25, 0.3) is 0 Å². The predicted molar refractivity (Wildman–Crippen MR) is 82.1 cm³/mol. The molecule has 1 heterocycles. The van der Waals surface area contributed by atoms with E-state index in [9.17, 15) is 9.59 Å². The lowest BCUT2D eigenvalue weighted by molar-refractivity contribution is -0.315. The lowest BCUT2D eigenvalue weighted by atomic mass is 9.78. The van der Waals surface area contributed by atoms with Crippen LogP contribution in [0.3, 0.4) is 0 Å². The van der Waals surface area contributed by atoms with Crippen LogP contribution < -0.4 is 0 Å². The van der Waals surface area contributed by atoms with Gasteiger partial charge in [-0.1, -0.05) is 0 Å². The van der Waals surface area contributed by atoms with Crippen molar-refractivity contribution in [1.82, 2.24) is 4.90 Å². The number of hydrogen-bond acceptors (Lipinski definition) is 5. The Morgan fingerprint density at radius 3 is 1.86 bits per heavy atom. The van der Waals surface area contributed by atoms with Crippen molar-refractivity contribution in [3.8, 4) is 0 Å². The van der Waals surface area contributed by atoms with Gasteiger partial charge in [0.1, 0.15) is 11.7 Å². The fourth-order valence-corrected chi connectivity index (χ4v) is 3.44. The van der Waals surface area contributed by atoms with Gasteiger partial charge in [-0.3, -0.25) is 9.68 Å². The lowest BCUT2D eigenvalue weighted by Gasteiger charge is -2.54. The van der Waals surface area contributed by atoms with E-state index < -0.39 is 22.8 Å². The van der Waals surface area contributed by atoms with Crippen molar-refractivity contribution in [1.29, 1.82) is 0 Å². The Bertz CT molecular complexity index is 418. The lowest BCUT2D eigenvalue weighted by Crippen LogP contribution is -2.63. The third-order valence-corrected chi connectivity index (χ3v) is 3.60. The first-order chi connectivity index (χ1) is 9.74. The predicted octanol–water partition coefficient (Wildman–Crippen LogP) is 3.44. The second-order valence-electron chi connectivity index (χ2n) is 8.16. The highest BCUT2D eigenvalue weighted by molar-refractivity contribution is 5.75. The first-order valence-electron chi connectivity index (χ1n) is 7.62. The number of ether oxygens (including phenoxy) is 1. The van der Waals surface area contributed by atoms with Crippen LogP contribution >= 0.6 is 0 Å². The van der Waals surface area contributed by atoms with E-state index >= 15 is 0 Å². The minimum absolute atomic E-state index is 0.0205. The normalized spacial score (nSPS) is 21.4. The molecule has 1 amide bonds. The maximum absolute atomic E-state index is 11.9. The fourth-order valence-electron chi connectivity index (χ4n) is 3.44. The highest BCUT2D eigenvalue weighted by Crippen LogP contribution is 2.39. The second-order valence-corrected chi connectivity index (χ2v) is 8.16. The molecule has 0 saturated carbocycles. The van der Waals surface area contributed by atoms with Gasteiger partial charge < -0.3 is 9.64 Å². The van der Waals surface area contributed by atoms with Crippen LogP contribution in [0.1, 0.15) is 68.2 Å². The monoisotopic (exact) mass is 315 g/mol. The van der Waals surface area contributed by atoms with E-state index in [1.54, 1.807) is 27.7 Å². The van der Waals surface area contributed by atoms with E-state index in [1.165, 1.54) is 0 Å². The van der Waals surface area contributed by atoms with Gasteiger partial charge in [-0.25, -0.2) is 4.79 Å². The Labute approximate surface area is 133 Å². The number of piperidine rings is 1. The molecule has 128 valence electrons. The minimum Gasteiger partial charge on any atom is -0.429 e. The largest absolute Gasteiger partial charge is 0.540 e. The molecule has 0 spiro atoms. The molecular weight excluding hydrogens is 286 g/mol. The molecule has 0 aromatic carbocycles. The maximum Gasteiger partial charge on any atom is 0.540 e. The molecule has 0 atom stereocenters. The van der Waals surface area contributed by atoms with Crippen LogP contribution in [-0.4, -0.2) is 39.7 Å². The van der Waals surface area contributed by atoms with Gasteiger partial charge in [-0.05, 0) is 48.5 Å². The highest BCUT2D eigenvalue weighted by Gasteiger charge is 2.48. The Hall–Kier alpha value is -1.30. The molecule has 1 aliphatic heterocycles. The fraction of sp³-hybridized carbons (Fsp3) is 0.875. The van der Waals surface area contributed by atoms with Crippen molar-refractivity contribution < 1.29 is 24.1 Å². The van der Waals surface area contributed by atoms with E-state index in [1.807, 2.05) is 32.6 Å². The molecule has 0 bridgehead atoms. The quantitative estimate of drug-likeness (QED) is 0.444. The summed E-state index contributed by atoms with van der Waals surface area (Å²) in [7, 11) is 0. The first kappa shape index (κ1) is 18.7. The average molecular weight is 315 g/mol. The molecule has 0 N–H and O–H groups in total. The third kappa shape index (κ3) is 4.87. The van der Waals surface area contributed by atoms with Crippen molar-refractivity contribution in [3.63, 3.8) is 0 Å². The Kier molecular flexibility index (Phi) is 5.17. The van der Waals surface area contributed by atoms with Crippen molar-refractivity contribution in [2.24, 2.45) is 0 Å². The van der Waals surface area contributed by atoms with E-state index in [4.69, 9.17) is 9.62 Å². The van der Waals surface area contributed by atoms with Gasteiger partial charge in [0.05, 0.1) is 0 Å². The van der Waals surface area contributed by atoms with Crippen LogP contribution in [0.4, 0.5) is 4.79 Å². The topological polar surface area (TPSA) is 65.1 Å². The molecule has 0 aliphatic carbocycles. The standard InChI is InChI=1S/C16H29NO5/c1-11(18)17-15(5,6)9-12(10-16(17,7)8)20-13(19)21-22-14(2,3)4/h12H,9-10H2,1-8H3. The molecule has 6 nitrogen and oxygen atoms in total. The number of nitrogens with zero attached hydrogens (tertiary/aromatic N) is 1. The zero-order chi connectivity index (χ0) is 17.3. The summed E-state index contributed by atoms with van der Waals surface area (Å²) in [5, 5.41) is 0. The summed E-state index contributed by atoms with van der Waals surface area (Å²) in [5.74, 6) is 0.0205. The van der Waals surface area contributed by atoms with Crippen molar-refractivity contribution in [2.45, 2.75) is 91.0 Å². The molecule has 1 rings (SSSR count). The summed E-state index contributed by atoms with van der Waals surface area (Å²) in [4.78, 5) is 35.2. The summed E-state index contributed by atoms with van der Waals surface area (Å²) < 4.78 is 5.36. The number of rotatable bonds is 2. The Balaban J connectivity index is 2.72. The Morgan fingerprint density at radius 1 is 1.05 bits per heavy atom. The zero-order valence-corrected chi connectivity index (χ0v) is 15.0. The summed E-state index contributed by atoms with van der Waals surface area (Å²) >= 11 is 0. The highest BCUT2D eigenvalue weighted by atomic mass is 17.2. The van der Waals surface area contributed by atoms with Gasteiger partial charge in [-0.15, -0.1) is 0 Å². The van der Waals surface area contributed by atoms with Crippen molar-refractivity contribution in [2.75, 3.05) is 0 Å². The van der Waals surface area contributed by atoms with Crippen molar-refractivity contribution >= 4 is 12.1 Å². The minimum atomic E-state index is -0.845. The number of carbonyl (C=O) groups is 2. The van der Waals surface area contributed by atoms with Gasteiger partial charge in [0, 0.05) is 30.8 Å². The van der Waals surface area contributed by atoms with Crippen LogP contribution in [0.5, 0.6) is 0 Å². The van der Waals surface area contributed by atoms with E-state index in [2.05, 4.69) is 4.89 Å². The van der Waals surface area contributed by atoms with E-state index in [0.717, 1.165) is 0 Å². The molecule has 0 unspecified atom stereocenters. The van der Waals surface area contributed by atoms with Gasteiger partial charge >= 0.3 is 6.16 Å². The van der Waals surface area contributed by atoms with Crippen LogP contribution in [-0.2, 0) is 19.3 Å². The summed E-state index contributed by atoms with van der Waals surface area (Å²) in [6, 6.07) is 0. The SMILES string of the molecule is CC(=O)N1C(C)(C)CC(OC(=O)OOC(C)(C)C)CC1(C)C. The van der Waals surface area contributed by atoms with Gasteiger partial charge in [-0.2, -0.15) is 4.89 Å². The molecular formula is C16H29NO5. The summed E-state index contributed by atoms with van der Waals surface area (Å²) in [6.45, 7) is 14.8. The van der Waals surface area contributed by atoms with E-state index in [-0.39, 0.29) is 12.0 Å². The smallest absolute Gasteiger partial charge is 0.429 e. The molecule has 0 radical (unpaired) electrons.